The van der Waals surface area contributed by atoms with E-state index in [1.165, 1.54) is 16.7 Å². The van der Waals surface area contributed by atoms with E-state index in [0.717, 1.165) is 6.20 Å². The number of pyridine rings is 1. The number of carboxylic acids is 1. The minimum atomic E-state index is -1.52. The Kier molecular flexibility index (Phi) is 3.61. The number of benzene rings is 2. The van der Waals surface area contributed by atoms with Crippen LogP contribution in [0.3, 0.4) is 0 Å². The molecule has 3 aromatic rings. The lowest BCUT2D eigenvalue weighted by atomic mass is 9.82. The van der Waals surface area contributed by atoms with Crippen LogP contribution in [0.5, 0.6) is 11.5 Å². The van der Waals surface area contributed by atoms with E-state index in [2.05, 4.69) is 0 Å². The largest absolute Gasteiger partial charge is 0.506 e. The molecule has 2 aromatic carbocycles. The molecule has 0 atom stereocenters. The second-order valence-electron chi connectivity index (χ2n) is 6.34. The molecule has 0 saturated carbocycles. The van der Waals surface area contributed by atoms with Crippen molar-refractivity contribution < 1.29 is 29.7 Å². The fraction of sp³-hybridized carbons (Fsp3) is 0.100. The van der Waals surface area contributed by atoms with Gasteiger partial charge in [0, 0.05) is 23.9 Å². The number of fused-ring (bicyclic) bond motifs is 3. The van der Waals surface area contributed by atoms with Crippen molar-refractivity contribution in [2.45, 2.75) is 13.5 Å². The Balaban J connectivity index is 2.25. The Bertz CT molecular complexity index is 1300. The highest BCUT2D eigenvalue weighted by molar-refractivity contribution is 6.32. The molecular weight excluding hydrogens is 366 g/mol. The molecule has 8 heteroatoms. The quantitative estimate of drug-likeness (QED) is 0.453. The van der Waals surface area contributed by atoms with Crippen LogP contribution < -0.4 is 5.43 Å². The monoisotopic (exact) mass is 379 g/mol. The smallest absolute Gasteiger partial charge is 0.341 e. The number of ketones is 2. The molecule has 0 aliphatic heterocycles. The summed E-state index contributed by atoms with van der Waals surface area (Å²) in [6.07, 6.45) is 1.03. The van der Waals surface area contributed by atoms with E-state index in [1.807, 2.05) is 0 Å². The average Bonchev–Trinajstić information content (AvgIpc) is 2.68. The molecule has 0 fully saturated rings. The summed E-state index contributed by atoms with van der Waals surface area (Å²) in [6.45, 7) is 1.77. The van der Waals surface area contributed by atoms with E-state index < -0.39 is 56.5 Å². The number of hydrogen-bond acceptors (Lipinski definition) is 6. The molecule has 0 amide bonds. The van der Waals surface area contributed by atoms with Crippen LogP contribution >= 0.6 is 0 Å². The van der Waals surface area contributed by atoms with Crippen molar-refractivity contribution in [2.75, 3.05) is 0 Å². The van der Waals surface area contributed by atoms with Gasteiger partial charge in [-0.15, -0.1) is 0 Å². The van der Waals surface area contributed by atoms with Gasteiger partial charge in [0.2, 0.25) is 5.43 Å². The molecule has 1 aromatic heterocycles. The highest BCUT2D eigenvalue weighted by Gasteiger charge is 2.37. The van der Waals surface area contributed by atoms with E-state index in [-0.39, 0.29) is 23.2 Å². The molecule has 1 aliphatic carbocycles. The zero-order valence-corrected chi connectivity index (χ0v) is 14.5. The Labute approximate surface area is 156 Å². The molecule has 4 rings (SSSR count). The third kappa shape index (κ3) is 2.05. The summed E-state index contributed by atoms with van der Waals surface area (Å²) in [5.41, 5.74) is -2.69. The number of carbonyl (C=O) groups excluding carboxylic acids is 2. The molecule has 140 valence electrons. The van der Waals surface area contributed by atoms with Gasteiger partial charge in [-0.05, 0) is 6.92 Å². The standard InChI is InChI=1S/C20H13NO7/c1-2-21-7-10(20(27)28)17(24)13-14(21)19(26)12-11(18(13)25)15(22)8-5-3-4-6-9(8)16(12)23/h3-7,25-26H,2H2,1H3,(H,27,28). The third-order valence-electron chi connectivity index (χ3n) is 4.91. The Morgan fingerprint density at radius 1 is 0.964 bits per heavy atom. The Morgan fingerprint density at radius 3 is 2.00 bits per heavy atom. The number of phenolic OH excluding ortho intramolecular Hbond substituents is 2. The summed E-state index contributed by atoms with van der Waals surface area (Å²) in [5.74, 6) is -4.38. The summed E-state index contributed by atoms with van der Waals surface area (Å²) in [5, 5.41) is 30.3. The van der Waals surface area contributed by atoms with Crippen molar-refractivity contribution in [3.8, 4) is 11.5 Å². The van der Waals surface area contributed by atoms with Gasteiger partial charge in [-0.1, -0.05) is 24.3 Å². The van der Waals surface area contributed by atoms with Crippen LogP contribution in [0.2, 0.25) is 0 Å². The molecule has 0 radical (unpaired) electrons. The summed E-state index contributed by atoms with van der Waals surface area (Å²) in [4.78, 5) is 49.9. The van der Waals surface area contributed by atoms with E-state index in [0.29, 0.717) is 0 Å². The zero-order valence-electron chi connectivity index (χ0n) is 14.5. The number of rotatable bonds is 2. The van der Waals surface area contributed by atoms with Crippen molar-refractivity contribution >= 4 is 28.4 Å². The fourth-order valence-corrected chi connectivity index (χ4v) is 3.61. The van der Waals surface area contributed by atoms with Gasteiger partial charge in [0.1, 0.15) is 11.3 Å². The van der Waals surface area contributed by atoms with Crippen LogP contribution in [0.15, 0.2) is 35.3 Å². The second-order valence-corrected chi connectivity index (χ2v) is 6.34. The van der Waals surface area contributed by atoms with Crippen LogP contribution in [0, 0.1) is 0 Å². The maximum absolute atomic E-state index is 12.9. The van der Waals surface area contributed by atoms with E-state index in [4.69, 9.17) is 0 Å². The molecule has 1 heterocycles. The van der Waals surface area contributed by atoms with Gasteiger partial charge in [-0.25, -0.2) is 4.79 Å². The molecule has 28 heavy (non-hydrogen) atoms. The molecule has 0 unspecified atom stereocenters. The average molecular weight is 379 g/mol. The summed E-state index contributed by atoms with van der Waals surface area (Å²) in [6, 6.07) is 5.93. The molecule has 0 bridgehead atoms. The number of aromatic carboxylic acids is 1. The Hall–Kier alpha value is -3.94. The van der Waals surface area contributed by atoms with Gasteiger partial charge < -0.3 is 19.9 Å². The maximum Gasteiger partial charge on any atom is 0.341 e. The number of aromatic nitrogens is 1. The van der Waals surface area contributed by atoms with Gasteiger partial charge in [-0.2, -0.15) is 0 Å². The van der Waals surface area contributed by atoms with Gasteiger partial charge >= 0.3 is 5.97 Å². The van der Waals surface area contributed by atoms with E-state index >= 15 is 0 Å². The highest BCUT2D eigenvalue weighted by Crippen LogP contribution is 2.43. The van der Waals surface area contributed by atoms with Crippen LogP contribution in [0.4, 0.5) is 0 Å². The number of phenols is 2. The van der Waals surface area contributed by atoms with Gasteiger partial charge in [0.05, 0.1) is 22.0 Å². The van der Waals surface area contributed by atoms with Crippen molar-refractivity contribution in [3.05, 3.63) is 68.5 Å². The first-order valence-electron chi connectivity index (χ1n) is 8.36. The summed E-state index contributed by atoms with van der Waals surface area (Å²) in [7, 11) is 0. The number of carbonyl (C=O) groups is 3. The second kappa shape index (κ2) is 5.78. The first-order chi connectivity index (χ1) is 13.3. The lowest BCUT2D eigenvalue weighted by Crippen LogP contribution is -2.24. The Morgan fingerprint density at radius 2 is 1.50 bits per heavy atom. The molecule has 0 saturated heterocycles. The van der Waals surface area contributed by atoms with Crippen LogP contribution in [-0.4, -0.2) is 37.4 Å². The van der Waals surface area contributed by atoms with Crippen LogP contribution in [0.25, 0.3) is 10.9 Å². The minimum absolute atomic E-state index is 0.0271. The summed E-state index contributed by atoms with van der Waals surface area (Å²) >= 11 is 0. The van der Waals surface area contributed by atoms with Crippen LogP contribution in [-0.2, 0) is 6.54 Å². The van der Waals surface area contributed by atoms with Crippen molar-refractivity contribution in [2.24, 2.45) is 0 Å². The number of hydrogen-bond donors (Lipinski definition) is 3. The van der Waals surface area contributed by atoms with Gasteiger partial charge in [0.25, 0.3) is 0 Å². The van der Waals surface area contributed by atoms with Crippen molar-refractivity contribution in [1.82, 2.24) is 4.57 Å². The molecular formula is C20H13NO7. The number of nitrogens with zero attached hydrogens (tertiary/aromatic N) is 1. The molecule has 0 spiro atoms. The number of aryl methyl sites for hydroxylation is 1. The predicted octanol–water partition coefficient (Wildman–Crippen LogP) is 1.91. The zero-order chi connectivity index (χ0) is 20.3. The number of aromatic hydroxyl groups is 2. The van der Waals surface area contributed by atoms with Crippen molar-refractivity contribution in [3.63, 3.8) is 0 Å². The normalized spacial score (nSPS) is 12.8. The predicted molar refractivity (Wildman–Crippen MR) is 97.5 cm³/mol. The highest BCUT2D eigenvalue weighted by atomic mass is 16.4. The first kappa shape index (κ1) is 17.5. The SMILES string of the molecule is CCn1cc(C(=O)O)c(=O)c2c(O)c3c(c(O)c21)C(=O)c1ccccc1C3=O. The van der Waals surface area contributed by atoms with Crippen LogP contribution in [0.1, 0.15) is 49.1 Å². The minimum Gasteiger partial charge on any atom is -0.506 e. The molecule has 8 nitrogen and oxygen atoms in total. The fourth-order valence-electron chi connectivity index (χ4n) is 3.61. The van der Waals surface area contributed by atoms with Gasteiger partial charge in [0.15, 0.2) is 17.3 Å². The maximum atomic E-state index is 12.9. The van der Waals surface area contributed by atoms with E-state index in [9.17, 15) is 34.5 Å². The molecule has 1 aliphatic rings. The molecule has 3 N–H and O–H groups in total. The topological polar surface area (TPSA) is 134 Å². The third-order valence-corrected chi connectivity index (χ3v) is 4.91. The first-order valence-corrected chi connectivity index (χ1v) is 8.36. The number of carboxylic acid groups (broad SMARTS) is 1. The van der Waals surface area contributed by atoms with Gasteiger partial charge in [-0.3, -0.25) is 14.4 Å². The summed E-state index contributed by atoms with van der Waals surface area (Å²) < 4.78 is 1.24. The van der Waals surface area contributed by atoms with E-state index in [1.54, 1.807) is 19.1 Å². The lowest BCUT2D eigenvalue weighted by Gasteiger charge is -2.22. The van der Waals surface area contributed by atoms with Crippen molar-refractivity contribution in [1.29, 1.82) is 0 Å². The lowest BCUT2D eigenvalue weighted by molar-refractivity contribution is 0.0694.